The largest absolute Gasteiger partial charge is 0.356 e. The molecule has 0 aliphatic rings. The first kappa shape index (κ1) is 13.9. The van der Waals surface area contributed by atoms with Crippen molar-refractivity contribution in [3.63, 3.8) is 0 Å². The van der Waals surface area contributed by atoms with Gasteiger partial charge in [-0.05, 0) is 58.4 Å². The molecule has 0 saturated heterocycles. The third-order valence-corrected chi connectivity index (χ3v) is 4.30. The summed E-state index contributed by atoms with van der Waals surface area (Å²) in [4.78, 5) is 0. The molecule has 0 saturated carbocycles. The average Bonchev–Trinajstić information content (AvgIpc) is 2.69. The van der Waals surface area contributed by atoms with Crippen molar-refractivity contribution in [3.05, 3.63) is 29.5 Å². The minimum Gasteiger partial charge on any atom is -0.356 e. The highest BCUT2D eigenvalue weighted by Gasteiger charge is 2.19. The molecular weight excluding hydrogens is 260 g/mol. The lowest BCUT2D eigenvalue weighted by Gasteiger charge is -2.14. The van der Waals surface area contributed by atoms with E-state index in [2.05, 4.69) is 9.55 Å². The summed E-state index contributed by atoms with van der Waals surface area (Å²) in [6.07, 6.45) is 0. The van der Waals surface area contributed by atoms with E-state index in [1.54, 1.807) is 0 Å². The van der Waals surface area contributed by atoms with Gasteiger partial charge in [0.05, 0.1) is 16.2 Å². The zero-order valence-corrected chi connectivity index (χ0v) is 12.7. The van der Waals surface area contributed by atoms with Crippen LogP contribution in [0.25, 0.3) is 11.0 Å². The predicted octanol–water partition coefficient (Wildman–Crippen LogP) is 3.41. The molecule has 0 bridgehead atoms. The number of rotatable bonds is 2. The minimum atomic E-state index is -1.25. The summed E-state index contributed by atoms with van der Waals surface area (Å²) in [5.74, 6) is 0. The monoisotopic (exact) mass is 278 g/mol. The van der Waals surface area contributed by atoms with E-state index in [1.165, 1.54) is 0 Å². The molecule has 1 heterocycles. The number of nitrogens with zero attached hydrogens (tertiary/aromatic N) is 2. The molecule has 0 unspecified atom stereocenters. The molecule has 0 amide bonds. The second kappa shape index (κ2) is 4.89. The Morgan fingerprint density at radius 2 is 2.05 bits per heavy atom. The summed E-state index contributed by atoms with van der Waals surface area (Å²) in [7, 11) is -1.25. The van der Waals surface area contributed by atoms with Gasteiger partial charge in [0.15, 0.2) is 5.58 Å². The molecule has 0 aliphatic carbocycles. The Bertz CT molecular complexity index is 666. The molecule has 5 heteroatoms. The first-order valence-electron chi connectivity index (χ1n) is 6.13. The second-order valence-electron chi connectivity index (χ2n) is 5.52. The first-order valence-corrected chi connectivity index (χ1v) is 7.23. The van der Waals surface area contributed by atoms with E-state index < -0.39 is 11.0 Å². The van der Waals surface area contributed by atoms with Crippen LogP contribution in [0.5, 0.6) is 0 Å². The van der Waals surface area contributed by atoms with Crippen molar-refractivity contribution in [2.24, 2.45) is 4.40 Å². The number of benzene rings is 1. The summed E-state index contributed by atoms with van der Waals surface area (Å²) in [5, 5.41) is 4.89. The van der Waals surface area contributed by atoms with Crippen molar-refractivity contribution in [3.8, 4) is 0 Å². The SMILES string of the molecule is C/C(=N\[S@](=O)C(C)(C)C)c1ccc2onc(C)c2c1. The van der Waals surface area contributed by atoms with Gasteiger partial charge in [-0.2, -0.15) is 4.40 Å². The van der Waals surface area contributed by atoms with E-state index in [4.69, 9.17) is 4.52 Å². The van der Waals surface area contributed by atoms with Gasteiger partial charge < -0.3 is 4.52 Å². The fourth-order valence-corrected chi connectivity index (χ4v) is 2.23. The van der Waals surface area contributed by atoms with E-state index in [0.717, 1.165) is 27.9 Å². The number of aromatic nitrogens is 1. The van der Waals surface area contributed by atoms with E-state index in [-0.39, 0.29) is 4.75 Å². The van der Waals surface area contributed by atoms with Crippen LogP contribution in [0.15, 0.2) is 27.1 Å². The molecule has 1 aromatic carbocycles. The van der Waals surface area contributed by atoms with Crippen LogP contribution >= 0.6 is 0 Å². The first-order chi connectivity index (χ1) is 8.79. The van der Waals surface area contributed by atoms with E-state index in [0.29, 0.717) is 0 Å². The van der Waals surface area contributed by atoms with Gasteiger partial charge in [0.25, 0.3) is 0 Å². The Kier molecular flexibility index (Phi) is 3.58. The fraction of sp³-hybridized carbons (Fsp3) is 0.429. The summed E-state index contributed by atoms with van der Waals surface area (Å²) >= 11 is 0. The number of aryl methyl sites for hydroxylation is 1. The lowest BCUT2D eigenvalue weighted by molar-refractivity contribution is 0.450. The molecule has 1 aromatic heterocycles. The van der Waals surface area contributed by atoms with Crippen LogP contribution in [0.2, 0.25) is 0 Å². The van der Waals surface area contributed by atoms with Gasteiger partial charge in [0.2, 0.25) is 0 Å². The number of fused-ring (bicyclic) bond motifs is 1. The molecule has 102 valence electrons. The molecule has 0 aliphatic heterocycles. The third kappa shape index (κ3) is 2.92. The molecule has 1 atom stereocenters. The summed E-state index contributed by atoms with van der Waals surface area (Å²) in [6, 6.07) is 5.75. The topological polar surface area (TPSA) is 55.5 Å². The lowest BCUT2D eigenvalue weighted by Crippen LogP contribution is -2.20. The van der Waals surface area contributed by atoms with Crippen molar-refractivity contribution >= 4 is 27.7 Å². The molecule has 19 heavy (non-hydrogen) atoms. The molecule has 2 aromatic rings. The average molecular weight is 278 g/mol. The van der Waals surface area contributed by atoms with Gasteiger partial charge >= 0.3 is 0 Å². The van der Waals surface area contributed by atoms with Crippen LogP contribution in [0.3, 0.4) is 0 Å². The highest BCUT2D eigenvalue weighted by atomic mass is 32.2. The van der Waals surface area contributed by atoms with Gasteiger partial charge in [-0.3, -0.25) is 0 Å². The maximum atomic E-state index is 12.0. The third-order valence-electron chi connectivity index (χ3n) is 2.81. The smallest absolute Gasteiger partial charge is 0.167 e. The normalized spacial score (nSPS) is 14.9. The molecule has 0 fully saturated rings. The van der Waals surface area contributed by atoms with Crippen LogP contribution in [0, 0.1) is 6.92 Å². The van der Waals surface area contributed by atoms with Crippen LogP contribution < -0.4 is 0 Å². The Balaban J connectivity index is 2.41. The molecule has 2 rings (SSSR count). The maximum absolute atomic E-state index is 12.0. The van der Waals surface area contributed by atoms with Crippen molar-refractivity contribution in [2.75, 3.05) is 0 Å². The highest BCUT2D eigenvalue weighted by molar-refractivity contribution is 7.85. The van der Waals surface area contributed by atoms with Gasteiger partial charge in [-0.1, -0.05) is 5.16 Å². The van der Waals surface area contributed by atoms with E-state index >= 15 is 0 Å². The Morgan fingerprint density at radius 3 is 2.68 bits per heavy atom. The number of hydrogen-bond donors (Lipinski definition) is 0. The summed E-state index contributed by atoms with van der Waals surface area (Å²) in [6.45, 7) is 9.50. The minimum absolute atomic E-state index is 0.349. The Labute approximate surface area is 115 Å². The Hall–Kier alpha value is -1.49. The van der Waals surface area contributed by atoms with Crippen molar-refractivity contribution < 1.29 is 8.73 Å². The van der Waals surface area contributed by atoms with Gasteiger partial charge in [-0.25, -0.2) is 4.21 Å². The Morgan fingerprint density at radius 1 is 1.37 bits per heavy atom. The highest BCUT2D eigenvalue weighted by Crippen LogP contribution is 2.20. The molecule has 0 radical (unpaired) electrons. The van der Waals surface area contributed by atoms with Crippen LogP contribution in [0.1, 0.15) is 39.0 Å². The maximum Gasteiger partial charge on any atom is 0.167 e. The van der Waals surface area contributed by atoms with Crippen LogP contribution in [0.4, 0.5) is 0 Å². The predicted molar refractivity (Wildman–Crippen MR) is 78.9 cm³/mol. The lowest BCUT2D eigenvalue weighted by atomic mass is 10.1. The van der Waals surface area contributed by atoms with Gasteiger partial charge in [0, 0.05) is 5.39 Å². The zero-order valence-electron chi connectivity index (χ0n) is 11.9. The zero-order chi connectivity index (χ0) is 14.2. The van der Waals surface area contributed by atoms with Gasteiger partial charge in [0.1, 0.15) is 11.0 Å². The van der Waals surface area contributed by atoms with Gasteiger partial charge in [-0.15, -0.1) is 0 Å². The second-order valence-corrected chi connectivity index (χ2v) is 7.42. The van der Waals surface area contributed by atoms with Crippen molar-refractivity contribution in [1.82, 2.24) is 5.16 Å². The van der Waals surface area contributed by atoms with E-state index in [1.807, 2.05) is 52.8 Å². The number of hydrogen-bond acceptors (Lipinski definition) is 3. The van der Waals surface area contributed by atoms with Crippen LogP contribution in [-0.4, -0.2) is 19.8 Å². The molecule has 0 spiro atoms. The fourth-order valence-electron chi connectivity index (χ4n) is 1.60. The molecule has 4 nitrogen and oxygen atoms in total. The quantitative estimate of drug-likeness (QED) is 0.791. The molecule has 0 N–H and O–H groups in total. The summed E-state index contributed by atoms with van der Waals surface area (Å²) < 4.78 is 21.1. The molecular formula is C14H18N2O2S. The summed E-state index contributed by atoms with van der Waals surface area (Å²) in [5.41, 5.74) is 3.31. The van der Waals surface area contributed by atoms with Crippen LogP contribution in [-0.2, 0) is 11.0 Å². The van der Waals surface area contributed by atoms with Crippen molar-refractivity contribution in [1.29, 1.82) is 0 Å². The standard InChI is InChI=1S/C14H18N2O2S/c1-9(16-19(17)14(3,4)5)11-6-7-13-12(8-11)10(2)15-18-13/h6-8H,1-5H3/b16-9+/t19-/m1/s1. The van der Waals surface area contributed by atoms with Crippen molar-refractivity contribution in [2.45, 2.75) is 39.4 Å². The van der Waals surface area contributed by atoms with E-state index in [9.17, 15) is 4.21 Å².